The fraction of sp³-hybridized carbons (Fsp3) is 0.409. The van der Waals surface area contributed by atoms with Crippen LogP contribution >= 0.6 is 0 Å². The number of rotatable bonds is 7. The van der Waals surface area contributed by atoms with Gasteiger partial charge in [-0.05, 0) is 26.7 Å². The highest BCUT2D eigenvalue weighted by atomic mass is 19.3. The van der Waals surface area contributed by atoms with Crippen molar-refractivity contribution in [3.63, 3.8) is 0 Å². The van der Waals surface area contributed by atoms with Crippen LogP contribution in [0.25, 0.3) is 10.9 Å². The van der Waals surface area contributed by atoms with E-state index in [1.54, 1.807) is 13.8 Å². The Morgan fingerprint density at radius 1 is 1.15 bits per heavy atom. The van der Waals surface area contributed by atoms with Gasteiger partial charge in [0.1, 0.15) is 28.5 Å². The average molecular weight is 468 g/mol. The Hall–Kier alpha value is -3.24. The summed E-state index contributed by atoms with van der Waals surface area (Å²) in [5.41, 5.74) is -3.02. The molecule has 33 heavy (non-hydrogen) atoms. The first-order valence-electron chi connectivity index (χ1n) is 10.2. The lowest BCUT2D eigenvalue weighted by molar-refractivity contribution is 0.0650. The quantitative estimate of drug-likeness (QED) is 0.488. The summed E-state index contributed by atoms with van der Waals surface area (Å²) in [6.07, 6.45) is -4.26. The maximum absolute atomic E-state index is 14.7. The van der Waals surface area contributed by atoms with Crippen LogP contribution in [0.1, 0.15) is 49.2 Å². The lowest BCUT2D eigenvalue weighted by atomic mass is 10.0. The first-order valence-corrected chi connectivity index (χ1v) is 10.2. The maximum atomic E-state index is 14.7. The minimum atomic E-state index is -2.98. The van der Waals surface area contributed by atoms with Gasteiger partial charge in [0.15, 0.2) is 0 Å². The van der Waals surface area contributed by atoms with Gasteiger partial charge in [-0.1, -0.05) is 18.2 Å². The highest BCUT2D eigenvalue weighted by Crippen LogP contribution is 2.48. The zero-order chi connectivity index (χ0) is 24.1. The minimum absolute atomic E-state index is 0.0243. The molecule has 0 amide bonds. The second-order valence-electron chi connectivity index (χ2n) is 8.04. The van der Waals surface area contributed by atoms with Crippen molar-refractivity contribution in [1.82, 2.24) is 14.5 Å². The fourth-order valence-electron chi connectivity index (χ4n) is 3.95. The fourth-order valence-corrected chi connectivity index (χ4v) is 3.95. The van der Waals surface area contributed by atoms with E-state index in [2.05, 4.69) is 15.3 Å². The largest absolute Gasteiger partial charge is 0.490 e. The lowest BCUT2D eigenvalue weighted by Gasteiger charge is -2.22. The molecule has 1 aliphatic carbocycles. The third kappa shape index (κ3) is 3.79. The molecule has 3 aromatic rings. The van der Waals surface area contributed by atoms with E-state index in [9.17, 15) is 26.7 Å². The van der Waals surface area contributed by atoms with E-state index in [1.807, 2.05) is 0 Å². The molecule has 0 radical (unpaired) electrons. The number of pyridine rings is 1. The van der Waals surface area contributed by atoms with Crippen molar-refractivity contribution in [3.05, 3.63) is 57.5 Å². The van der Waals surface area contributed by atoms with E-state index in [-0.39, 0.29) is 46.7 Å². The summed E-state index contributed by atoms with van der Waals surface area (Å²) < 4.78 is 74.6. The van der Waals surface area contributed by atoms with Crippen LogP contribution in [0.4, 0.5) is 27.8 Å². The van der Waals surface area contributed by atoms with Gasteiger partial charge in [-0.15, -0.1) is 0 Å². The van der Waals surface area contributed by atoms with Crippen LogP contribution in [0.3, 0.4) is 0 Å². The molecule has 2 heterocycles. The molecule has 6 nitrogen and oxygen atoms in total. The van der Waals surface area contributed by atoms with Crippen LogP contribution in [0.2, 0.25) is 0 Å². The molecular formula is C22H21F5N4O2. The number of hydrogen-bond acceptors (Lipinski definition) is 5. The molecule has 0 aliphatic heterocycles. The molecule has 11 heteroatoms. The molecule has 1 N–H and O–H groups in total. The number of halogens is 5. The van der Waals surface area contributed by atoms with Crippen LogP contribution in [-0.4, -0.2) is 28.1 Å². The van der Waals surface area contributed by atoms with E-state index in [1.165, 1.54) is 25.4 Å². The SMILES string of the molecule is COc1c(=O)n(C2(C(F)F)CC2)cc2c(N[C@H](C)c3cccc(C(F)F)c3F)nc(C)nc12. The average Bonchev–Trinajstić information content (AvgIpc) is 3.55. The summed E-state index contributed by atoms with van der Waals surface area (Å²) in [6.45, 7) is 3.10. The number of nitrogens with zero attached hydrogens (tertiary/aromatic N) is 3. The zero-order valence-electron chi connectivity index (χ0n) is 18.0. The van der Waals surface area contributed by atoms with Crippen molar-refractivity contribution in [2.24, 2.45) is 0 Å². The van der Waals surface area contributed by atoms with Crippen molar-refractivity contribution in [1.29, 1.82) is 0 Å². The molecule has 1 fully saturated rings. The van der Waals surface area contributed by atoms with Crippen LogP contribution < -0.4 is 15.6 Å². The number of benzene rings is 1. The van der Waals surface area contributed by atoms with Crippen LogP contribution in [0.15, 0.2) is 29.2 Å². The third-order valence-corrected chi connectivity index (χ3v) is 5.91. The van der Waals surface area contributed by atoms with Gasteiger partial charge >= 0.3 is 0 Å². The molecule has 176 valence electrons. The Bertz CT molecular complexity index is 1270. The second-order valence-corrected chi connectivity index (χ2v) is 8.04. The molecule has 0 spiro atoms. The number of ether oxygens (including phenoxy) is 1. The van der Waals surface area contributed by atoms with Gasteiger partial charge in [0, 0.05) is 11.8 Å². The van der Waals surface area contributed by atoms with Gasteiger partial charge in [0.2, 0.25) is 5.75 Å². The monoisotopic (exact) mass is 468 g/mol. The molecule has 0 saturated heterocycles. The van der Waals surface area contributed by atoms with Gasteiger partial charge in [0.25, 0.3) is 18.4 Å². The second kappa shape index (κ2) is 8.27. The van der Waals surface area contributed by atoms with Gasteiger partial charge in [-0.2, -0.15) is 0 Å². The smallest absolute Gasteiger partial charge is 0.295 e. The number of anilines is 1. The number of hydrogen-bond donors (Lipinski definition) is 1. The predicted molar refractivity (Wildman–Crippen MR) is 112 cm³/mol. The Morgan fingerprint density at radius 3 is 2.39 bits per heavy atom. The van der Waals surface area contributed by atoms with Crippen LogP contribution in [0.5, 0.6) is 5.75 Å². The van der Waals surface area contributed by atoms with E-state index >= 15 is 0 Å². The number of methoxy groups -OCH3 is 1. The zero-order valence-corrected chi connectivity index (χ0v) is 18.0. The third-order valence-electron chi connectivity index (χ3n) is 5.91. The van der Waals surface area contributed by atoms with Crippen molar-refractivity contribution >= 4 is 16.7 Å². The van der Waals surface area contributed by atoms with Gasteiger partial charge in [-0.25, -0.2) is 31.9 Å². The minimum Gasteiger partial charge on any atom is -0.490 e. The summed E-state index contributed by atoms with van der Waals surface area (Å²) in [6, 6.07) is 2.87. The van der Waals surface area contributed by atoms with E-state index in [0.717, 1.165) is 10.6 Å². The predicted octanol–water partition coefficient (Wildman–Crippen LogP) is 5.11. The first-order chi connectivity index (χ1) is 15.6. The molecule has 0 bridgehead atoms. The Morgan fingerprint density at radius 2 is 1.82 bits per heavy atom. The van der Waals surface area contributed by atoms with Crippen LogP contribution in [-0.2, 0) is 5.54 Å². The topological polar surface area (TPSA) is 69.0 Å². The number of alkyl halides is 4. The molecule has 0 unspecified atom stereocenters. The molecular weight excluding hydrogens is 447 g/mol. The summed E-state index contributed by atoms with van der Waals surface area (Å²) in [5.74, 6) is -0.897. The summed E-state index contributed by atoms with van der Waals surface area (Å²) in [4.78, 5) is 21.5. The van der Waals surface area contributed by atoms with Gasteiger partial charge in [-0.3, -0.25) is 9.36 Å². The Balaban J connectivity index is 1.87. The van der Waals surface area contributed by atoms with E-state index in [4.69, 9.17) is 4.74 Å². The number of aryl methyl sites for hydroxylation is 1. The van der Waals surface area contributed by atoms with Crippen LogP contribution in [0, 0.1) is 12.7 Å². The normalized spacial score (nSPS) is 15.8. The highest BCUT2D eigenvalue weighted by molar-refractivity contribution is 5.92. The van der Waals surface area contributed by atoms with Crippen molar-refractivity contribution in [2.75, 3.05) is 12.4 Å². The lowest BCUT2D eigenvalue weighted by Crippen LogP contribution is -2.36. The molecule has 1 aliphatic rings. The van der Waals surface area contributed by atoms with Crippen molar-refractivity contribution in [2.45, 2.75) is 51.1 Å². The Labute approximate surface area is 185 Å². The van der Waals surface area contributed by atoms with E-state index in [0.29, 0.717) is 0 Å². The summed E-state index contributed by atoms with van der Waals surface area (Å²) in [7, 11) is 1.24. The summed E-state index contributed by atoms with van der Waals surface area (Å²) >= 11 is 0. The Kier molecular flexibility index (Phi) is 5.75. The van der Waals surface area contributed by atoms with Crippen molar-refractivity contribution < 1.29 is 26.7 Å². The summed E-state index contributed by atoms with van der Waals surface area (Å²) in [5, 5.41) is 3.16. The maximum Gasteiger partial charge on any atom is 0.295 e. The molecule has 1 atom stereocenters. The molecule has 1 aromatic carbocycles. The van der Waals surface area contributed by atoms with Gasteiger partial charge < -0.3 is 10.1 Å². The van der Waals surface area contributed by atoms with Crippen molar-refractivity contribution in [3.8, 4) is 5.75 Å². The molecule has 1 saturated carbocycles. The molecule has 2 aromatic heterocycles. The van der Waals surface area contributed by atoms with Gasteiger partial charge in [0.05, 0.1) is 24.1 Å². The highest BCUT2D eigenvalue weighted by Gasteiger charge is 2.54. The molecule has 4 rings (SSSR count). The van der Waals surface area contributed by atoms with E-state index < -0.39 is 41.4 Å². The number of fused-ring (bicyclic) bond motifs is 1. The number of aromatic nitrogens is 3. The standard InChI is InChI=1S/C22H21F5N4O2/c1-10(12-5-4-6-13(15(12)23)18(24)25)28-19-14-9-31(22(7-8-22)21(26)27)20(32)17(33-3)16(14)29-11(2)30-19/h4-6,9-10,18,21H,7-8H2,1-3H3,(H,28,29,30)/t10-/m1/s1. The first kappa shape index (κ1) is 22.9. The number of nitrogens with one attached hydrogen (secondary N) is 1.